The van der Waals surface area contributed by atoms with E-state index in [0.29, 0.717) is 6.61 Å². The molecule has 4 aromatic rings. The summed E-state index contributed by atoms with van der Waals surface area (Å²) < 4.78 is 8.35. The summed E-state index contributed by atoms with van der Waals surface area (Å²) in [6.45, 7) is 8.26. The summed E-state index contributed by atoms with van der Waals surface area (Å²) in [4.78, 5) is 4.90. The molecule has 154 valence electrons. The fraction of sp³-hybridized carbons (Fsp3) is 0.296. The van der Waals surface area contributed by atoms with E-state index in [9.17, 15) is 0 Å². The van der Waals surface area contributed by atoms with Gasteiger partial charge in [0.15, 0.2) is 0 Å². The number of fused-ring (bicyclic) bond motifs is 1. The summed E-state index contributed by atoms with van der Waals surface area (Å²) in [5.74, 6) is 2.04. The number of imidazole rings is 1. The van der Waals surface area contributed by atoms with Crippen LogP contribution in [0.4, 0.5) is 0 Å². The third kappa shape index (κ3) is 4.73. The summed E-state index contributed by atoms with van der Waals surface area (Å²) >= 11 is 0. The van der Waals surface area contributed by atoms with Crippen molar-refractivity contribution in [1.82, 2.24) is 9.55 Å². The Balaban J connectivity index is 1.42. The smallest absolute Gasteiger partial charge is 0.119 e. The summed E-state index contributed by atoms with van der Waals surface area (Å²) in [6, 6.07) is 27.4. The molecule has 0 aliphatic carbocycles. The molecule has 3 nitrogen and oxygen atoms in total. The van der Waals surface area contributed by atoms with Gasteiger partial charge in [-0.1, -0.05) is 75.4 Å². The van der Waals surface area contributed by atoms with Crippen molar-refractivity contribution < 1.29 is 4.74 Å². The van der Waals surface area contributed by atoms with Crippen molar-refractivity contribution in [3.63, 3.8) is 0 Å². The maximum atomic E-state index is 6.01. The first kappa shape index (κ1) is 20.2. The van der Waals surface area contributed by atoms with Gasteiger partial charge >= 0.3 is 0 Å². The van der Waals surface area contributed by atoms with E-state index >= 15 is 0 Å². The molecule has 0 radical (unpaired) electrons. The number of aromatic nitrogens is 2. The van der Waals surface area contributed by atoms with Crippen LogP contribution in [0.5, 0.6) is 5.75 Å². The molecule has 1 heterocycles. The molecule has 0 saturated heterocycles. The van der Waals surface area contributed by atoms with Crippen LogP contribution in [-0.2, 0) is 18.4 Å². The summed E-state index contributed by atoms with van der Waals surface area (Å²) in [5, 5.41) is 0. The maximum Gasteiger partial charge on any atom is 0.119 e. The SMILES string of the molecule is CC(C)(C)c1ccc(OCCCn2c(Cc3ccccc3)nc3ccccc32)cc1. The van der Waals surface area contributed by atoms with E-state index in [1.165, 1.54) is 16.6 Å². The first-order chi connectivity index (χ1) is 14.5. The van der Waals surface area contributed by atoms with Gasteiger partial charge in [0.25, 0.3) is 0 Å². The van der Waals surface area contributed by atoms with Crippen LogP contribution in [0.15, 0.2) is 78.9 Å². The summed E-state index contributed by atoms with van der Waals surface area (Å²) in [6.07, 6.45) is 1.77. The maximum absolute atomic E-state index is 6.01. The predicted molar refractivity (Wildman–Crippen MR) is 124 cm³/mol. The van der Waals surface area contributed by atoms with Crippen molar-refractivity contribution >= 4 is 11.0 Å². The molecule has 0 fully saturated rings. The number of aryl methyl sites for hydroxylation is 1. The van der Waals surface area contributed by atoms with Crippen molar-refractivity contribution in [1.29, 1.82) is 0 Å². The molecule has 0 amide bonds. The first-order valence-corrected chi connectivity index (χ1v) is 10.7. The summed E-state index contributed by atoms with van der Waals surface area (Å²) in [5.41, 5.74) is 5.02. The zero-order chi connectivity index (χ0) is 21.0. The number of para-hydroxylation sites is 2. The van der Waals surface area contributed by atoms with E-state index in [1.54, 1.807) is 0 Å². The molecule has 0 aliphatic rings. The van der Waals surface area contributed by atoms with E-state index in [1.807, 2.05) is 0 Å². The molecule has 0 saturated carbocycles. The molecule has 0 N–H and O–H groups in total. The van der Waals surface area contributed by atoms with E-state index in [-0.39, 0.29) is 5.41 Å². The van der Waals surface area contributed by atoms with Gasteiger partial charge in [-0.25, -0.2) is 4.98 Å². The van der Waals surface area contributed by atoms with Crippen LogP contribution in [0.1, 0.15) is 44.1 Å². The van der Waals surface area contributed by atoms with E-state index in [0.717, 1.165) is 36.5 Å². The van der Waals surface area contributed by atoms with Gasteiger partial charge in [0.2, 0.25) is 0 Å². The first-order valence-electron chi connectivity index (χ1n) is 10.7. The van der Waals surface area contributed by atoms with Gasteiger partial charge < -0.3 is 9.30 Å². The average molecular weight is 399 g/mol. The second-order valence-electron chi connectivity index (χ2n) is 8.81. The Bertz CT molecular complexity index is 1090. The number of benzene rings is 3. The van der Waals surface area contributed by atoms with Crippen LogP contribution >= 0.6 is 0 Å². The zero-order valence-corrected chi connectivity index (χ0v) is 18.1. The van der Waals surface area contributed by atoms with Gasteiger partial charge in [-0.05, 0) is 47.2 Å². The standard InChI is InChI=1S/C27H30N2O/c1-27(2,3)22-14-16-23(17-15-22)30-19-9-18-29-25-13-8-7-12-24(25)28-26(29)20-21-10-5-4-6-11-21/h4-8,10-17H,9,18-20H2,1-3H3. The normalized spacial score (nSPS) is 11.7. The van der Waals surface area contributed by atoms with E-state index in [2.05, 4.69) is 104 Å². The van der Waals surface area contributed by atoms with E-state index in [4.69, 9.17) is 9.72 Å². The third-order valence-electron chi connectivity index (χ3n) is 5.45. The average Bonchev–Trinajstić information content (AvgIpc) is 3.08. The predicted octanol–water partition coefficient (Wildman–Crippen LogP) is 6.39. The lowest BCUT2D eigenvalue weighted by Crippen LogP contribution is -2.11. The quantitative estimate of drug-likeness (QED) is 0.337. The van der Waals surface area contributed by atoms with Crippen molar-refractivity contribution in [3.8, 4) is 5.75 Å². The highest BCUT2D eigenvalue weighted by Gasteiger charge is 2.13. The lowest BCUT2D eigenvalue weighted by Gasteiger charge is -2.19. The molecule has 3 heteroatoms. The van der Waals surface area contributed by atoms with Gasteiger partial charge in [0.1, 0.15) is 11.6 Å². The number of hydrogen-bond donors (Lipinski definition) is 0. The highest BCUT2D eigenvalue weighted by atomic mass is 16.5. The van der Waals surface area contributed by atoms with E-state index < -0.39 is 0 Å². The Morgan fingerprint density at radius 3 is 2.27 bits per heavy atom. The molecular formula is C27H30N2O. The van der Waals surface area contributed by atoms with Crippen LogP contribution in [0.25, 0.3) is 11.0 Å². The molecule has 30 heavy (non-hydrogen) atoms. The van der Waals surface area contributed by atoms with Crippen molar-refractivity contribution in [2.75, 3.05) is 6.61 Å². The molecule has 0 unspecified atom stereocenters. The number of ether oxygens (including phenoxy) is 1. The minimum Gasteiger partial charge on any atom is -0.494 e. The lowest BCUT2D eigenvalue weighted by molar-refractivity contribution is 0.301. The zero-order valence-electron chi connectivity index (χ0n) is 18.1. The highest BCUT2D eigenvalue weighted by molar-refractivity contribution is 5.76. The topological polar surface area (TPSA) is 27.1 Å². The minimum absolute atomic E-state index is 0.163. The fourth-order valence-corrected chi connectivity index (χ4v) is 3.75. The van der Waals surface area contributed by atoms with Crippen LogP contribution in [-0.4, -0.2) is 16.2 Å². The molecule has 4 rings (SSSR count). The van der Waals surface area contributed by atoms with Gasteiger partial charge in [-0.15, -0.1) is 0 Å². The van der Waals surface area contributed by atoms with Gasteiger partial charge in [-0.3, -0.25) is 0 Å². The Morgan fingerprint density at radius 2 is 1.53 bits per heavy atom. The lowest BCUT2D eigenvalue weighted by atomic mass is 9.87. The number of nitrogens with zero attached hydrogens (tertiary/aromatic N) is 2. The van der Waals surface area contributed by atoms with Crippen LogP contribution in [0.3, 0.4) is 0 Å². The fourth-order valence-electron chi connectivity index (χ4n) is 3.75. The number of rotatable bonds is 7. The Kier molecular flexibility index (Phi) is 5.89. The van der Waals surface area contributed by atoms with Crippen molar-refractivity contribution in [2.24, 2.45) is 0 Å². The van der Waals surface area contributed by atoms with Gasteiger partial charge in [-0.2, -0.15) is 0 Å². The molecule has 3 aromatic carbocycles. The molecule has 0 bridgehead atoms. The summed E-state index contributed by atoms with van der Waals surface area (Å²) in [7, 11) is 0. The Morgan fingerprint density at radius 1 is 0.833 bits per heavy atom. The van der Waals surface area contributed by atoms with Crippen LogP contribution in [0.2, 0.25) is 0 Å². The molecule has 0 aliphatic heterocycles. The molecule has 1 aromatic heterocycles. The van der Waals surface area contributed by atoms with Crippen LogP contribution in [0, 0.1) is 0 Å². The van der Waals surface area contributed by atoms with Crippen molar-refractivity contribution in [2.45, 2.75) is 45.6 Å². The monoisotopic (exact) mass is 398 g/mol. The highest BCUT2D eigenvalue weighted by Crippen LogP contribution is 2.24. The Hall–Kier alpha value is -3.07. The Labute approximate surface area is 179 Å². The molecular weight excluding hydrogens is 368 g/mol. The minimum atomic E-state index is 0.163. The third-order valence-corrected chi connectivity index (χ3v) is 5.45. The van der Waals surface area contributed by atoms with Gasteiger partial charge in [0, 0.05) is 13.0 Å². The van der Waals surface area contributed by atoms with Gasteiger partial charge in [0.05, 0.1) is 17.6 Å². The molecule has 0 spiro atoms. The number of hydrogen-bond acceptors (Lipinski definition) is 2. The second kappa shape index (κ2) is 8.74. The largest absolute Gasteiger partial charge is 0.494 e. The van der Waals surface area contributed by atoms with Crippen LogP contribution < -0.4 is 4.74 Å². The second-order valence-corrected chi connectivity index (χ2v) is 8.81. The molecule has 0 atom stereocenters. The van der Waals surface area contributed by atoms with Crippen molar-refractivity contribution in [3.05, 3.63) is 95.8 Å².